The SMILES string of the molecule is CCOC(=O)c1ccc(N2CC3CN(C(=O)C45CC6CC(CC(C6)C4)C5)CC32)cc1. The summed E-state index contributed by atoms with van der Waals surface area (Å²) in [6, 6.07) is 8.18. The molecule has 2 unspecified atom stereocenters. The number of ether oxygens (including phenoxy) is 1. The maximum absolute atomic E-state index is 13.7. The van der Waals surface area contributed by atoms with Crippen molar-refractivity contribution in [2.24, 2.45) is 29.1 Å². The van der Waals surface area contributed by atoms with E-state index in [0.717, 1.165) is 62.3 Å². The van der Waals surface area contributed by atoms with Crippen LogP contribution >= 0.6 is 0 Å². The molecule has 5 nitrogen and oxygen atoms in total. The number of nitrogens with zero attached hydrogens (tertiary/aromatic N) is 2. The number of carbonyl (C=O) groups is 2. The van der Waals surface area contributed by atoms with E-state index in [2.05, 4.69) is 9.80 Å². The minimum Gasteiger partial charge on any atom is -0.462 e. The summed E-state index contributed by atoms with van der Waals surface area (Å²) in [6.45, 7) is 5.02. The molecule has 4 saturated carbocycles. The van der Waals surface area contributed by atoms with E-state index < -0.39 is 0 Å². The third kappa shape index (κ3) is 2.80. The van der Waals surface area contributed by atoms with Gasteiger partial charge in [-0.2, -0.15) is 0 Å². The number of carbonyl (C=O) groups excluding carboxylic acids is 2. The van der Waals surface area contributed by atoms with Crippen LogP contribution < -0.4 is 4.90 Å². The Hall–Kier alpha value is -2.04. The minimum absolute atomic E-state index is 0.0232. The van der Waals surface area contributed by atoms with E-state index >= 15 is 0 Å². The standard InChI is InChI=1S/C25H32N2O3/c1-2-30-23(28)19-3-5-21(6-4-19)27-14-20-13-26(15-22(20)27)24(29)25-10-16-7-17(11-25)9-18(8-16)12-25/h3-6,16-18,20,22H,2,7-15H2,1H3. The van der Waals surface area contributed by atoms with Gasteiger partial charge >= 0.3 is 5.97 Å². The lowest BCUT2D eigenvalue weighted by molar-refractivity contribution is -0.156. The van der Waals surface area contributed by atoms with Gasteiger partial charge in [-0.25, -0.2) is 4.79 Å². The van der Waals surface area contributed by atoms with Gasteiger partial charge in [0.2, 0.25) is 5.91 Å². The second-order valence-corrected chi connectivity index (χ2v) is 10.7. The van der Waals surface area contributed by atoms with Gasteiger partial charge in [-0.3, -0.25) is 4.79 Å². The molecule has 0 N–H and O–H groups in total. The molecule has 2 heterocycles. The Balaban J connectivity index is 1.13. The molecule has 160 valence electrons. The summed E-state index contributed by atoms with van der Waals surface area (Å²) >= 11 is 0. The van der Waals surface area contributed by atoms with E-state index in [1.165, 1.54) is 19.3 Å². The summed E-state index contributed by atoms with van der Waals surface area (Å²) in [7, 11) is 0. The Morgan fingerprint density at radius 1 is 0.967 bits per heavy atom. The molecule has 2 atom stereocenters. The summed E-state index contributed by atoms with van der Waals surface area (Å²) < 4.78 is 5.08. The monoisotopic (exact) mass is 408 g/mol. The van der Waals surface area contributed by atoms with Gasteiger partial charge in [0.15, 0.2) is 0 Å². The van der Waals surface area contributed by atoms with E-state index in [1.54, 1.807) is 0 Å². The molecule has 4 bridgehead atoms. The third-order valence-corrected chi connectivity index (χ3v) is 8.73. The van der Waals surface area contributed by atoms with Crippen LogP contribution in [0, 0.1) is 29.1 Å². The van der Waals surface area contributed by atoms with Gasteiger partial charge in [0.1, 0.15) is 0 Å². The highest BCUT2D eigenvalue weighted by atomic mass is 16.5. The highest BCUT2D eigenvalue weighted by Crippen LogP contribution is 2.61. The number of likely N-dealkylation sites (tertiary alicyclic amines) is 1. The normalized spacial score (nSPS) is 38.4. The van der Waals surface area contributed by atoms with Crippen LogP contribution in [0.2, 0.25) is 0 Å². The molecule has 0 aromatic heterocycles. The third-order valence-electron chi connectivity index (χ3n) is 8.73. The fraction of sp³-hybridized carbons (Fsp3) is 0.680. The molecule has 1 amide bonds. The summed E-state index contributed by atoms with van der Waals surface area (Å²) in [5, 5.41) is 0. The van der Waals surface area contributed by atoms with Crippen molar-refractivity contribution in [3.8, 4) is 0 Å². The number of fused-ring (bicyclic) bond motifs is 1. The highest BCUT2D eigenvalue weighted by Gasteiger charge is 2.57. The first-order valence-electron chi connectivity index (χ1n) is 11.9. The molecule has 4 aliphatic carbocycles. The van der Waals surface area contributed by atoms with Gasteiger partial charge in [-0.1, -0.05) is 0 Å². The fourth-order valence-corrected chi connectivity index (χ4v) is 7.81. The van der Waals surface area contributed by atoms with E-state index in [0.29, 0.717) is 30.0 Å². The molecule has 0 radical (unpaired) electrons. The smallest absolute Gasteiger partial charge is 0.338 e. The number of benzene rings is 1. The molecule has 0 spiro atoms. The maximum Gasteiger partial charge on any atom is 0.338 e. The van der Waals surface area contributed by atoms with Gasteiger partial charge in [0.05, 0.1) is 23.6 Å². The first kappa shape index (κ1) is 18.7. The van der Waals surface area contributed by atoms with Gasteiger partial charge < -0.3 is 14.5 Å². The molecule has 5 heteroatoms. The molecular formula is C25H32N2O3. The largest absolute Gasteiger partial charge is 0.462 e. The molecule has 6 fully saturated rings. The maximum atomic E-state index is 13.7. The Kier molecular flexibility index (Phi) is 4.20. The summed E-state index contributed by atoms with van der Waals surface area (Å²) in [5.41, 5.74) is 1.72. The molecular weight excluding hydrogens is 376 g/mol. The second kappa shape index (κ2) is 6.73. The van der Waals surface area contributed by atoms with E-state index in [-0.39, 0.29) is 11.4 Å². The van der Waals surface area contributed by atoms with Crippen LogP contribution in [0.25, 0.3) is 0 Å². The Labute approximate surface area is 178 Å². The Morgan fingerprint density at radius 2 is 1.60 bits per heavy atom. The highest BCUT2D eigenvalue weighted by molar-refractivity contribution is 5.90. The fourth-order valence-electron chi connectivity index (χ4n) is 7.81. The summed E-state index contributed by atoms with van der Waals surface area (Å²) in [6.07, 6.45) is 7.61. The zero-order valence-electron chi connectivity index (χ0n) is 17.9. The first-order chi connectivity index (χ1) is 14.5. The van der Waals surface area contributed by atoms with Crippen molar-refractivity contribution in [1.29, 1.82) is 0 Å². The topological polar surface area (TPSA) is 49.9 Å². The Bertz CT molecular complexity index is 828. The molecule has 2 saturated heterocycles. The van der Waals surface area contributed by atoms with Crippen molar-refractivity contribution < 1.29 is 14.3 Å². The lowest BCUT2D eigenvalue weighted by atomic mass is 9.49. The van der Waals surface area contributed by atoms with Gasteiger partial charge in [0.25, 0.3) is 0 Å². The van der Waals surface area contributed by atoms with E-state index in [9.17, 15) is 9.59 Å². The summed E-state index contributed by atoms with van der Waals surface area (Å²) in [5.74, 6) is 3.25. The van der Waals surface area contributed by atoms with Crippen molar-refractivity contribution in [3.63, 3.8) is 0 Å². The molecule has 6 aliphatic rings. The van der Waals surface area contributed by atoms with Gasteiger partial charge in [-0.15, -0.1) is 0 Å². The lowest BCUT2D eigenvalue weighted by Crippen LogP contribution is -2.56. The molecule has 1 aromatic rings. The number of esters is 1. The molecule has 30 heavy (non-hydrogen) atoms. The predicted molar refractivity (Wildman–Crippen MR) is 114 cm³/mol. The number of anilines is 1. The van der Waals surface area contributed by atoms with Gasteiger partial charge in [0, 0.05) is 31.2 Å². The first-order valence-corrected chi connectivity index (χ1v) is 11.9. The summed E-state index contributed by atoms with van der Waals surface area (Å²) in [4.78, 5) is 30.2. The Morgan fingerprint density at radius 3 is 2.20 bits per heavy atom. The quantitative estimate of drug-likeness (QED) is 0.713. The number of hydrogen-bond acceptors (Lipinski definition) is 4. The minimum atomic E-state index is -0.265. The molecule has 1 aromatic carbocycles. The van der Waals surface area contributed by atoms with Crippen LogP contribution in [0.5, 0.6) is 0 Å². The second-order valence-electron chi connectivity index (χ2n) is 10.7. The van der Waals surface area contributed by atoms with Crippen LogP contribution in [-0.2, 0) is 9.53 Å². The van der Waals surface area contributed by atoms with Crippen LogP contribution in [0.4, 0.5) is 5.69 Å². The van der Waals surface area contributed by atoms with Crippen molar-refractivity contribution in [2.75, 3.05) is 31.1 Å². The van der Waals surface area contributed by atoms with Crippen LogP contribution in [0.3, 0.4) is 0 Å². The van der Waals surface area contributed by atoms with Crippen LogP contribution in [0.1, 0.15) is 55.8 Å². The van der Waals surface area contributed by atoms with E-state index in [1.807, 2.05) is 31.2 Å². The van der Waals surface area contributed by atoms with Crippen LogP contribution in [-0.4, -0.2) is 49.1 Å². The van der Waals surface area contributed by atoms with E-state index in [4.69, 9.17) is 4.74 Å². The zero-order valence-corrected chi connectivity index (χ0v) is 17.9. The predicted octanol–water partition coefficient (Wildman–Crippen LogP) is 3.73. The van der Waals surface area contributed by atoms with Crippen molar-refractivity contribution in [1.82, 2.24) is 4.90 Å². The van der Waals surface area contributed by atoms with Crippen molar-refractivity contribution in [3.05, 3.63) is 29.8 Å². The average molecular weight is 409 g/mol. The average Bonchev–Trinajstić information content (AvgIpc) is 3.04. The number of rotatable bonds is 4. The van der Waals surface area contributed by atoms with Crippen LogP contribution in [0.15, 0.2) is 24.3 Å². The van der Waals surface area contributed by atoms with Crippen molar-refractivity contribution >= 4 is 17.6 Å². The molecule has 2 aliphatic heterocycles. The van der Waals surface area contributed by atoms with Gasteiger partial charge in [-0.05, 0) is 87.5 Å². The molecule has 7 rings (SSSR count). The zero-order chi connectivity index (χ0) is 20.5. The van der Waals surface area contributed by atoms with Crippen molar-refractivity contribution in [2.45, 2.75) is 51.5 Å². The lowest BCUT2D eigenvalue weighted by Gasteiger charge is -2.56. The number of hydrogen-bond donors (Lipinski definition) is 0. The number of amides is 1.